The SMILES string of the molecule is CC(C)c1cc(N)c2cc(Cl)sc2n1. The van der Waals surface area contributed by atoms with Crippen molar-refractivity contribution in [3.63, 3.8) is 0 Å². The molecular formula is C10H11ClN2S. The molecule has 0 aliphatic carbocycles. The van der Waals surface area contributed by atoms with Crippen LogP contribution in [0, 0.1) is 0 Å². The minimum atomic E-state index is 0.391. The van der Waals surface area contributed by atoms with Crippen molar-refractivity contribution in [1.29, 1.82) is 0 Å². The van der Waals surface area contributed by atoms with Gasteiger partial charge in [-0.25, -0.2) is 4.98 Å². The first-order valence-corrected chi connectivity index (χ1v) is 5.63. The van der Waals surface area contributed by atoms with Gasteiger partial charge in [-0.2, -0.15) is 0 Å². The van der Waals surface area contributed by atoms with E-state index in [1.807, 2.05) is 12.1 Å². The number of hydrogen-bond acceptors (Lipinski definition) is 3. The Hall–Kier alpha value is -0.800. The molecule has 0 fully saturated rings. The number of halogens is 1. The third-order valence-corrected chi connectivity index (χ3v) is 3.28. The zero-order valence-corrected chi connectivity index (χ0v) is 9.62. The van der Waals surface area contributed by atoms with Gasteiger partial charge in [0.05, 0.1) is 4.34 Å². The standard InChI is InChI=1S/C10H11ClN2S/c1-5(2)8-4-7(12)6-3-9(11)14-10(6)13-8/h3-5H,1-2H3,(H2,12,13). The molecule has 2 aromatic heterocycles. The summed E-state index contributed by atoms with van der Waals surface area (Å²) in [6, 6.07) is 3.80. The van der Waals surface area contributed by atoms with Crippen LogP contribution in [0.15, 0.2) is 12.1 Å². The number of pyridine rings is 1. The van der Waals surface area contributed by atoms with Crippen LogP contribution in [0.2, 0.25) is 4.34 Å². The summed E-state index contributed by atoms with van der Waals surface area (Å²) in [4.78, 5) is 5.44. The molecule has 0 amide bonds. The van der Waals surface area contributed by atoms with Crippen molar-refractivity contribution in [1.82, 2.24) is 4.98 Å². The third kappa shape index (κ3) is 1.57. The van der Waals surface area contributed by atoms with E-state index in [0.717, 1.165) is 25.9 Å². The van der Waals surface area contributed by atoms with Crippen LogP contribution in [0.25, 0.3) is 10.2 Å². The van der Waals surface area contributed by atoms with Gasteiger partial charge in [-0.15, -0.1) is 11.3 Å². The van der Waals surface area contributed by atoms with Crippen LogP contribution < -0.4 is 5.73 Å². The molecule has 0 aromatic carbocycles. The molecular weight excluding hydrogens is 216 g/mol. The summed E-state index contributed by atoms with van der Waals surface area (Å²) in [7, 11) is 0. The highest BCUT2D eigenvalue weighted by Gasteiger charge is 2.09. The van der Waals surface area contributed by atoms with Crippen molar-refractivity contribution in [2.45, 2.75) is 19.8 Å². The molecule has 0 spiro atoms. The lowest BCUT2D eigenvalue weighted by Crippen LogP contribution is -1.95. The fraction of sp³-hybridized carbons (Fsp3) is 0.300. The van der Waals surface area contributed by atoms with Gasteiger partial charge in [0.25, 0.3) is 0 Å². The van der Waals surface area contributed by atoms with Crippen LogP contribution in [0.3, 0.4) is 0 Å². The van der Waals surface area contributed by atoms with Crippen LogP contribution in [-0.2, 0) is 0 Å². The van der Waals surface area contributed by atoms with Gasteiger partial charge in [0, 0.05) is 16.8 Å². The number of nitrogens with two attached hydrogens (primary N) is 1. The summed E-state index contributed by atoms with van der Waals surface area (Å²) in [5.74, 6) is 0.391. The maximum Gasteiger partial charge on any atom is 0.127 e. The van der Waals surface area contributed by atoms with E-state index in [-0.39, 0.29) is 0 Å². The molecule has 2 N–H and O–H groups in total. The van der Waals surface area contributed by atoms with Crippen molar-refractivity contribution >= 4 is 38.8 Å². The van der Waals surface area contributed by atoms with Crippen LogP contribution in [0.4, 0.5) is 5.69 Å². The minimum absolute atomic E-state index is 0.391. The van der Waals surface area contributed by atoms with Crippen molar-refractivity contribution < 1.29 is 0 Å². The molecule has 2 rings (SSSR count). The van der Waals surface area contributed by atoms with E-state index in [0.29, 0.717) is 5.92 Å². The highest BCUT2D eigenvalue weighted by molar-refractivity contribution is 7.22. The second kappa shape index (κ2) is 3.41. The fourth-order valence-corrected chi connectivity index (χ4v) is 2.45. The predicted octanol–water partition coefficient (Wildman–Crippen LogP) is 3.66. The molecule has 14 heavy (non-hydrogen) atoms. The van der Waals surface area contributed by atoms with Gasteiger partial charge in [0.15, 0.2) is 0 Å². The van der Waals surface area contributed by atoms with E-state index in [4.69, 9.17) is 17.3 Å². The van der Waals surface area contributed by atoms with E-state index >= 15 is 0 Å². The molecule has 0 aliphatic rings. The van der Waals surface area contributed by atoms with Gasteiger partial charge in [0.2, 0.25) is 0 Å². The molecule has 0 saturated heterocycles. The molecule has 0 unspecified atom stereocenters. The minimum Gasteiger partial charge on any atom is -0.398 e. The van der Waals surface area contributed by atoms with E-state index in [2.05, 4.69) is 18.8 Å². The van der Waals surface area contributed by atoms with E-state index in [1.54, 1.807) is 0 Å². The molecule has 0 radical (unpaired) electrons. The van der Waals surface area contributed by atoms with Crippen LogP contribution in [0.5, 0.6) is 0 Å². The average molecular weight is 227 g/mol. The van der Waals surface area contributed by atoms with E-state index in [9.17, 15) is 0 Å². The smallest absolute Gasteiger partial charge is 0.127 e. The molecule has 4 heteroatoms. The summed E-state index contributed by atoms with van der Waals surface area (Å²) in [5, 5.41) is 0.962. The molecule has 74 valence electrons. The number of hydrogen-bond donors (Lipinski definition) is 1. The van der Waals surface area contributed by atoms with Gasteiger partial charge in [-0.05, 0) is 18.1 Å². The Labute approximate surface area is 91.7 Å². The summed E-state index contributed by atoms with van der Waals surface area (Å²) in [6.07, 6.45) is 0. The van der Waals surface area contributed by atoms with Gasteiger partial charge in [-0.1, -0.05) is 25.4 Å². The summed E-state index contributed by atoms with van der Waals surface area (Å²) in [5.41, 5.74) is 7.70. The quantitative estimate of drug-likeness (QED) is 0.806. The van der Waals surface area contributed by atoms with Crippen LogP contribution >= 0.6 is 22.9 Å². The largest absolute Gasteiger partial charge is 0.398 e. The Morgan fingerprint density at radius 3 is 2.79 bits per heavy atom. The second-order valence-corrected chi connectivity index (χ2v) is 5.22. The van der Waals surface area contributed by atoms with Gasteiger partial charge in [-0.3, -0.25) is 0 Å². The molecule has 2 aromatic rings. The zero-order valence-electron chi connectivity index (χ0n) is 8.04. The number of rotatable bonds is 1. The number of anilines is 1. The number of nitrogen functional groups attached to an aromatic ring is 1. The second-order valence-electron chi connectivity index (χ2n) is 3.56. The Kier molecular flexibility index (Phi) is 2.37. The Morgan fingerprint density at radius 2 is 2.14 bits per heavy atom. The maximum atomic E-state index is 5.92. The Balaban J connectivity index is 2.71. The number of aromatic nitrogens is 1. The van der Waals surface area contributed by atoms with Gasteiger partial charge >= 0.3 is 0 Å². The lowest BCUT2D eigenvalue weighted by atomic mass is 10.1. The lowest BCUT2D eigenvalue weighted by Gasteiger charge is -2.05. The van der Waals surface area contributed by atoms with E-state index < -0.39 is 0 Å². The van der Waals surface area contributed by atoms with Crippen molar-refractivity contribution in [2.24, 2.45) is 0 Å². The molecule has 2 heterocycles. The third-order valence-electron chi connectivity index (χ3n) is 2.12. The number of fused-ring (bicyclic) bond motifs is 1. The van der Waals surface area contributed by atoms with Gasteiger partial charge in [0.1, 0.15) is 4.83 Å². The summed E-state index contributed by atoms with van der Waals surface area (Å²) in [6.45, 7) is 4.20. The molecule has 2 nitrogen and oxygen atoms in total. The summed E-state index contributed by atoms with van der Waals surface area (Å²) >= 11 is 7.38. The Morgan fingerprint density at radius 1 is 1.43 bits per heavy atom. The molecule has 0 aliphatic heterocycles. The average Bonchev–Trinajstić information content (AvgIpc) is 2.45. The highest BCUT2D eigenvalue weighted by atomic mass is 35.5. The molecule has 0 atom stereocenters. The zero-order chi connectivity index (χ0) is 10.3. The number of thiophene rings is 1. The van der Waals surface area contributed by atoms with Crippen LogP contribution in [0.1, 0.15) is 25.5 Å². The normalized spacial score (nSPS) is 11.4. The first-order chi connectivity index (χ1) is 6.58. The highest BCUT2D eigenvalue weighted by Crippen LogP contribution is 2.33. The first-order valence-electron chi connectivity index (χ1n) is 4.43. The van der Waals surface area contributed by atoms with E-state index in [1.165, 1.54) is 11.3 Å². The number of nitrogens with zero attached hydrogens (tertiary/aromatic N) is 1. The fourth-order valence-electron chi connectivity index (χ4n) is 1.32. The van der Waals surface area contributed by atoms with Crippen molar-refractivity contribution in [3.05, 3.63) is 22.2 Å². The lowest BCUT2D eigenvalue weighted by molar-refractivity contribution is 0.832. The Bertz CT molecular complexity index is 476. The van der Waals surface area contributed by atoms with Crippen LogP contribution in [-0.4, -0.2) is 4.98 Å². The molecule has 0 bridgehead atoms. The monoisotopic (exact) mass is 226 g/mol. The maximum absolute atomic E-state index is 5.92. The van der Waals surface area contributed by atoms with Crippen molar-refractivity contribution in [3.8, 4) is 0 Å². The first kappa shape index (κ1) is 9.74. The van der Waals surface area contributed by atoms with Crippen molar-refractivity contribution in [2.75, 3.05) is 5.73 Å². The summed E-state index contributed by atoms with van der Waals surface area (Å²) < 4.78 is 0.736. The van der Waals surface area contributed by atoms with Gasteiger partial charge < -0.3 is 5.73 Å². The molecule has 0 saturated carbocycles. The topological polar surface area (TPSA) is 38.9 Å². The predicted molar refractivity (Wildman–Crippen MR) is 63.1 cm³/mol.